The normalized spacial score (nSPS) is 15.1. The Hall–Kier alpha value is -2.30. The minimum Gasteiger partial charge on any atom is -0.366 e. The number of hydrogen-bond acceptors (Lipinski definition) is 2. The van der Waals surface area contributed by atoms with E-state index in [2.05, 4.69) is 0 Å². The molecular formula is C18H23N3O2. The van der Waals surface area contributed by atoms with Crippen molar-refractivity contribution in [2.45, 2.75) is 45.1 Å². The third-order valence-corrected chi connectivity index (χ3v) is 4.76. The molecule has 1 fully saturated rings. The molecule has 0 bridgehead atoms. The van der Waals surface area contributed by atoms with E-state index in [9.17, 15) is 9.59 Å². The maximum Gasteiger partial charge on any atom is 0.332 e. The largest absolute Gasteiger partial charge is 0.366 e. The smallest absolute Gasteiger partial charge is 0.332 e. The van der Waals surface area contributed by atoms with Gasteiger partial charge in [0.25, 0.3) is 0 Å². The third kappa shape index (κ3) is 3.55. The van der Waals surface area contributed by atoms with Crippen molar-refractivity contribution in [3.63, 3.8) is 0 Å². The van der Waals surface area contributed by atoms with Crippen LogP contribution < -0.4 is 11.4 Å². The summed E-state index contributed by atoms with van der Waals surface area (Å²) in [5.41, 5.74) is 6.38. The molecule has 0 radical (unpaired) electrons. The molecule has 1 aromatic heterocycles. The van der Waals surface area contributed by atoms with Gasteiger partial charge < -0.3 is 5.73 Å². The van der Waals surface area contributed by atoms with Gasteiger partial charge in [-0.2, -0.15) is 0 Å². The number of hydrogen-bond donors (Lipinski definition) is 1. The molecule has 122 valence electrons. The molecule has 2 N–H and O–H groups in total. The quantitative estimate of drug-likeness (QED) is 0.890. The predicted octanol–water partition coefficient (Wildman–Crippen LogP) is 2.71. The van der Waals surface area contributed by atoms with E-state index in [4.69, 9.17) is 5.73 Å². The molecule has 1 aromatic carbocycles. The van der Waals surface area contributed by atoms with E-state index < -0.39 is 5.91 Å². The Morgan fingerprint density at radius 2 is 1.83 bits per heavy atom. The molecular weight excluding hydrogens is 290 g/mol. The van der Waals surface area contributed by atoms with Gasteiger partial charge in [-0.15, -0.1) is 0 Å². The number of nitrogens with two attached hydrogens (primary N) is 1. The van der Waals surface area contributed by atoms with Crippen LogP contribution in [0.2, 0.25) is 0 Å². The predicted molar refractivity (Wildman–Crippen MR) is 89.7 cm³/mol. The summed E-state index contributed by atoms with van der Waals surface area (Å²) in [4.78, 5) is 23.5. The first-order valence-electron chi connectivity index (χ1n) is 8.33. The lowest BCUT2D eigenvalue weighted by atomic mass is 10.0. The average molecular weight is 313 g/mol. The van der Waals surface area contributed by atoms with Crippen molar-refractivity contribution in [2.75, 3.05) is 0 Å². The lowest BCUT2D eigenvalue weighted by molar-refractivity contribution is 0.100. The number of rotatable bonds is 6. The number of carbonyl (C=O) groups excluding carboxylic acids is 1. The van der Waals surface area contributed by atoms with Gasteiger partial charge in [0.05, 0.1) is 5.69 Å². The van der Waals surface area contributed by atoms with E-state index in [0.29, 0.717) is 5.56 Å². The number of primary amides is 1. The summed E-state index contributed by atoms with van der Waals surface area (Å²) in [6, 6.07) is 6.76. The monoisotopic (exact) mass is 313 g/mol. The fourth-order valence-electron chi connectivity index (χ4n) is 3.42. The number of amides is 1. The molecule has 0 aliphatic heterocycles. The third-order valence-electron chi connectivity index (χ3n) is 4.76. The standard InChI is InChI=1S/C18H23N3O2/c19-17(22)15-7-9-16(10-8-15)21-13-12-20(18(21)23)11-3-6-14-4-1-2-5-14/h7-10,12-14H,1-6,11H2,(H2,19,22). The lowest BCUT2D eigenvalue weighted by Crippen LogP contribution is -2.23. The van der Waals surface area contributed by atoms with Crippen molar-refractivity contribution in [3.8, 4) is 5.69 Å². The number of aryl methyl sites for hydroxylation is 1. The zero-order valence-electron chi connectivity index (χ0n) is 13.3. The van der Waals surface area contributed by atoms with E-state index in [1.165, 1.54) is 32.1 Å². The molecule has 1 aliphatic carbocycles. The van der Waals surface area contributed by atoms with Crippen molar-refractivity contribution in [1.82, 2.24) is 9.13 Å². The number of benzene rings is 1. The molecule has 2 aromatic rings. The van der Waals surface area contributed by atoms with Crippen LogP contribution in [-0.4, -0.2) is 15.0 Å². The molecule has 1 heterocycles. The Kier molecular flexibility index (Phi) is 4.65. The number of carbonyl (C=O) groups is 1. The highest BCUT2D eigenvalue weighted by molar-refractivity contribution is 5.92. The molecule has 5 heteroatoms. The molecule has 1 saturated carbocycles. The Balaban J connectivity index is 1.66. The topological polar surface area (TPSA) is 70.0 Å². The van der Waals surface area contributed by atoms with E-state index in [0.717, 1.165) is 24.6 Å². The Morgan fingerprint density at radius 1 is 1.13 bits per heavy atom. The van der Waals surface area contributed by atoms with Crippen LogP contribution in [0.1, 0.15) is 48.9 Å². The first-order chi connectivity index (χ1) is 11.1. The highest BCUT2D eigenvalue weighted by atomic mass is 16.2. The van der Waals surface area contributed by atoms with Gasteiger partial charge in [-0.05, 0) is 43.0 Å². The Labute approximate surface area is 135 Å². The summed E-state index contributed by atoms with van der Waals surface area (Å²) in [5, 5.41) is 0. The summed E-state index contributed by atoms with van der Waals surface area (Å²) < 4.78 is 3.36. The van der Waals surface area contributed by atoms with E-state index in [1.54, 1.807) is 39.6 Å². The number of imidazole rings is 1. The van der Waals surface area contributed by atoms with Gasteiger partial charge in [-0.1, -0.05) is 25.7 Å². The molecule has 1 aliphatic rings. The Morgan fingerprint density at radius 3 is 2.48 bits per heavy atom. The SMILES string of the molecule is NC(=O)c1ccc(-n2ccn(CCCC3CCCC3)c2=O)cc1. The summed E-state index contributed by atoms with van der Waals surface area (Å²) in [7, 11) is 0. The van der Waals surface area contributed by atoms with E-state index >= 15 is 0 Å². The van der Waals surface area contributed by atoms with Crippen molar-refractivity contribution in [2.24, 2.45) is 11.7 Å². The van der Waals surface area contributed by atoms with Crippen LogP contribution in [0.15, 0.2) is 41.5 Å². The van der Waals surface area contributed by atoms with Crippen LogP contribution in [0.5, 0.6) is 0 Å². The van der Waals surface area contributed by atoms with Crippen molar-refractivity contribution >= 4 is 5.91 Å². The van der Waals surface area contributed by atoms with Crippen molar-refractivity contribution in [1.29, 1.82) is 0 Å². The minimum atomic E-state index is -0.464. The molecule has 0 unspecified atom stereocenters. The van der Waals surface area contributed by atoms with Crippen LogP contribution in [0, 0.1) is 5.92 Å². The van der Waals surface area contributed by atoms with Gasteiger partial charge >= 0.3 is 5.69 Å². The molecule has 3 rings (SSSR count). The zero-order valence-corrected chi connectivity index (χ0v) is 13.3. The summed E-state index contributed by atoms with van der Waals surface area (Å²) >= 11 is 0. The zero-order chi connectivity index (χ0) is 16.2. The number of aromatic nitrogens is 2. The molecule has 23 heavy (non-hydrogen) atoms. The average Bonchev–Trinajstić information content (AvgIpc) is 3.18. The maximum atomic E-state index is 12.4. The van der Waals surface area contributed by atoms with Gasteiger partial charge in [0.15, 0.2) is 0 Å². The summed E-state index contributed by atoms with van der Waals surface area (Å²) in [6.07, 6.45) is 11.3. The van der Waals surface area contributed by atoms with Crippen LogP contribution in [0.4, 0.5) is 0 Å². The van der Waals surface area contributed by atoms with Gasteiger partial charge in [-0.25, -0.2) is 4.79 Å². The van der Waals surface area contributed by atoms with Gasteiger partial charge in [0.1, 0.15) is 0 Å². The van der Waals surface area contributed by atoms with Crippen molar-refractivity contribution in [3.05, 3.63) is 52.7 Å². The van der Waals surface area contributed by atoms with E-state index in [-0.39, 0.29) is 5.69 Å². The van der Waals surface area contributed by atoms with Crippen LogP contribution in [0.25, 0.3) is 5.69 Å². The second kappa shape index (κ2) is 6.86. The highest BCUT2D eigenvalue weighted by Crippen LogP contribution is 2.28. The van der Waals surface area contributed by atoms with Crippen LogP contribution >= 0.6 is 0 Å². The highest BCUT2D eigenvalue weighted by Gasteiger charge is 2.14. The second-order valence-electron chi connectivity index (χ2n) is 6.35. The first kappa shape index (κ1) is 15.6. The Bertz CT molecular complexity index is 721. The van der Waals surface area contributed by atoms with Gasteiger partial charge in [-0.3, -0.25) is 13.9 Å². The lowest BCUT2D eigenvalue weighted by Gasteiger charge is -2.08. The molecule has 0 spiro atoms. The molecule has 0 saturated heterocycles. The molecule has 1 amide bonds. The van der Waals surface area contributed by atoms with E-state index in [1.807, 2.05) is 6.20 Å². The maximum absolute atomic E-state index is 12.4. The summed E-state index contributed by atoms with van der Waals surface area (Å²) in [5.74, 6) is 0.391. The fraction of sp³-hybridized carbons (Fsp3) is 0.444. The van der Waals surface area contributed by atoms with Gasteiger partial charge in [0, 0.05) is 24.5 Å². The second-order valence-corrected chi connectivity index (χ2v) is 6.35. The van der Waals surface area contributed by atoms with Crippen LogP contribution in [-0.2, 0) is 6.54 Å². The van der Waals surface area contributed by atoms with Gasteiger partial charge in [0.2, 0.25) is 5.91 Å². The van der Waals surface area contributed by atoms with Crippen LogP contribution in [0.3, 0.4) is 0 Å². The molecule has 5 nitrogen and oxygen atoms in total. The first-order valence-corrected chi connectivity index (χ1v) is 8.33. The number of nitrogens with zero attached hydrogens (tertiary/aromatic N) is 2. The fourth-order valence-corrected chi connectivity index (χ4v) is 3.42. The summed E-state index contributed by atoms with van der Waals surface area (Å²) in [6.45, 7) is 0.766. The minimum absolute atomic E-state index is 0.0387. The molecule has 0 atom stereocenters. The van der Waals surface area contributed by atoms with Crippen molar-refractivity contribution < 1.29 is 4.79 Å².